The number of hydrogen-bond acceptors (Lipinski definition) is 5. The SMILES string of the molecule is Cc1ccc(OCc2nc(CC(=O)N3CCNC(C)C3)cs2)cc1. The van der Waals surface area contributed by atoms with Crippen LogP contribution >= 0.6 is 11.3 Å². The highest BCUT2D eigenvalue weighted by atomic mass is 32.1. The van der Waals surface area contributed by atoms with Crippen LogP contribution in [-0.4, -0.2) is 41.5 Å². The van der Waals surface area contributed by atoms with Crippen LogP contribution in [0.1, 0.15) is 23.2 Å². The minimum atomic E-state index is 0.152. The van der Waals surface area contributed by atoms with Crippen LogP contribution in [0.5, 0.6) is 5.75 Å². The topological polar surface area (TPSA) is 54.5 Å². The zero-order valence-electron chi connectivity index (χ0n) is 14.1. The zero-order valence-corrected chi connectivity index (χ0v) is 14.9. The molecule has 1 aliphatic heterocycles. The highest BCUT2D eigenvalue weighted by Crippen LogP contribution is 2.17. The molecule has 1 N–H and O–H groups in total. The number of benzene rings is 1. The molecule has 24 heavy (non-hydrogen) atoms. The van der Waals surface area contributed by atoms with Gasteiger partial charge in [0.25, 0.3) is 0 Å². The molecule has 1 aromatic heterocycles. The van der Waals surface area contributed by atoms with E-state index in [2.05, 4.69) is 17.2 Å². The Labute approximate surface area is 146 Å². The van der Waals surface area contributed by atoms with Crippen molar-refractivity contribution in [1.29, 1.82) is 0 Å². The first-order chi connectivity index (χ1) is 11.6. The first-order valence-electron chi connectivity index (χ1n) is 8.24. The molecule has 1 aliphatic rings. The molecular weight excluding hydrogens is 322 g/mol. The third kappa shape index (κ3) is 4.55. The number of amides is 1. The van der Waals surface area contributed by atoms with Crippen LogP contribution in [0.25, 0.3) is 0 Å². The van der Waals surface area contributed by atoms with Crippen LogP contribution in [0.4, 0.5) is 0 Å². The number of thiazole rings is 1. The number of nitrogens with one attached hydrogen (secondary N) is 1. The molecule has 1 unspecified atom stereocenters. The molecule has 2 heterocycles. The minimum Gasteiger partial charge on any atom is -0.486 e. The highest BCUT2D eigenvalue weighted by molar-refractivity contribution is 7.09. The predicted molar refractivity (Wildman–Crippen MR) is 95.4 cm³/mol. The Bertz CT molecular complexity index is 684. The third-order valence-electron chi connectivity index (χ3n) is 4.04. The van der Waals surface area contributed by atoms with E-state index in [1.807, 2.05) is 41.5 Å². The van der Waals surface area contributed by atoms with E-state index < -0.39 is 0 Å². The first-order valence-corrected chi connectivity index (χ1v) is 9.12. The quantitative estimate of drug-likeness (QED) is 0.904. The fourth-order valence-electron chi connectivity index (χ4n) is 2.70. The van der Waals surface area contributed by atoms with E-state index in [-0.39, 0.29) is 5.91 Å². The van der Waals surface area contributed by atoms with Gasteiger partial charge in [-0.3, -0.25) is 4.79 Å². The molecule has 1 saturated heterocycles. The van der Waals surface area contributed by atoms with Crippen molar-refractivity contribution in [3.05, 3.63) is 45.9 Å². The first kappa shape index (κ1) is 16.9. The molecule has 3 rings (SSSR count). The van der Waals surface area contributed by atoms with E-state index in [1.54, 1.807) is 11.3 Å². The average Bonchev–Trinajstić information content (AvgIpc) is 3.02. The van der Waals surface area contributed by atoms with E-state index in [4.69, 9.17) is 4.74 Å². The summed E-state index contributed by atoms with van der Waals surface area (Å²) in [6.07, 6.45) is 0.369. The molecule has 0 radical (unpaired) electrons. The molecule has 1 aromatic carbocycles. The van der Waals surface area contributed by atoms with Gasteiger partial charge in [0.2, 0.25) is 5.91 Å². The summed E-state index contributed by atoms with van der Waals surface area (Å²) in [5.74, 6) is 0.989. The summed E-state index contributed by atoms with van der Waals surface area (Å²) in [6.45, 7) is 6.99. The molecule has 1 amide bonds. The Kier molecular flexibility index (Phi) is 5.48. The van der Waals surface area contributed by atoms with Gasteiger partial charge in [-0.15, -0.1) is 11.3 Å². The number of carbonyl (C=O) groups excluding carboxylic acids is 1. The maximum Gasteiger partial charge on any atom is 0.228 e. The molecule has 128 valence electrons. The van der Waals surface area contributed by atoms with Gasteiger partial charge in [-0.25, -0.2) is 4.98 Å². The minimum absolute atomic E-state index is 0.152. The fourth-order valence-corrected chi connectivity index (χ4v) is 3.41. The monoisotopic (exact) mass is 345 g/mol. The van der Waals surface area contributed by atoms with Crippen LogP contribution in [0.2, 0.25) is 0 Å². The van der Waals surface area contributed by atoms with Gasteiger partial charge in [0.1, 0.15) is 17.4 Å². The van der Waals surface area contributed by atoms with Gasteiger partial charge in [-0.05, 0) is 26.0 Å². The lowest BCUT2D eigenvalue weighted by atomic mass is 10.2. The molecule has 0 saturated carbocycles. The zero-order chi connectivity index (χ0) is 16.9. The van der Waals surface area contributed by atoms with Gasteiger partial charge in [0.15, 0.2) is 0 Å². The maximum atomic E-state index is 12.4. The molecule has 0 aliphatic carbocycles. The normalized spacial score (nSPS) is 17.8. The van der Waals surface area contributed by atoms with Gasteiger partial charge >= 0.3 is 0 Å². The molecule has 0 spiro atoms. The summed E-state index contributed by atoms with van der Waals surface area (Å²) in [7, 11) is 0. The lowest BCUT2D eigenvalue weighted by molar-refractivity contribution is -0.131. The highest BCUT2D eigenvalue weighted by Gasteiger charge is 2.21. The number of hydrogen-bond donors (Lipinski definition) is 1. The molecule has 1 atom stereocenters. The van der Waals surface area contributed by atoms with Gasteiger partial charge < -0.3 is 15.0 Å². The molecular formula is C18H23N3O2S. The Balaban J connectivity index is 1.51. The second-order valence-electron chi connectivity index (χ2n) is 6.21. The summed E-state index contributed by atoms with van der Waals surface area (Å²) >= 11 is 1.54. The third-order valence-corrected chi connectivity index (χ3v) is 4.91. The van der Waals surface area contributed by atoms with Crippen LogP contribution in [-0.2, 0) is 17.8 Å². The van der Waals surface area contributed by atoms with Crippen LogP contribution in [0, 0.1) is 6.92 Å². The van der Waals surface area contributed by atoms with E-state index in [0.717, 1.165) is 36.1 Å². The average molecular weight is 345 g/mol. The molecule has 0 bridgehead atoms. The number of ether oxygens (including phenoxy) is 1. The number of nitrogens with zero attached hydrogens (tertiary/aromatic N) is 2. The predicted octanol–water partition coefficient (Wildman–Crippen LogP) is 2.39. The van der Waals surface area contributed by atoms with Crippen LogP contribution in [0.3, 0.4) is 0 Å². The van der Waals surface area contributed by atoms with Crippen molar-refractivity contribution in [2.75, 3.05) is 19.6 Å². The number of aryl methyl sites for hydroxylation is 1. The molecule has 5 nitrogen and oxygen atoms in total. The van der Waals surface area contributed by atoms with E-state index >= 15 is 0 Å². The van der Waals surface area contributed by atoms with E-state index in [9.17, 15) is 4.79 Å². The van der Waals surface area contributed by atoms with Crippen LogP contribution in [0.15, 0.2) is 29.6 Å². The Morgan fingerprint density at radius 2 is 2.21 bits per heavy atom. The van der Waals surface area contributed by atoms with Crippen molar-refractivity contribution in [1.82, 2.24) is 15.2 Å². The van der Waals surface area contributed by atoms with Crippen molar-refractivity contribution in [3.63, 3.8) is 0 Å². The van der Waals surface area contributed by atoms with Gasteiger partial charge in [-0.2, -0.15) is 0 Å². The summed E-state index contributed by atoms with van der Waals surface area (Å²) < 4.78 is 5.74. The summed E-state index contributed by atoms with van der Waals surface area (Å²) in [5, 5.41) is 6.20. The van der Waals surface area contributed by atoms with Gasteiger partial charge in [0, 0.05) is 31.1 Å². The molecule has 1 fully saturated rings. The Morgan fingerprint density at radius 1 is 1.42 bits per heavy atom. The van der Waals surface area contributed by atoms with E-state index in [0.29, 0.717) is 19.1 Å². The second kappa shape index (κ2) is 7.77. The van der Waals surface area contributed by atoms with Crippen molar-refractivity contribution in [2.24, 2.45) is 0 Å². The number of rotatable bonds is 5. The molecule has 2 aromatic rings. The standard InChI is InChI=1S/C18H23N3O2S/c1-13-3-5-16(6-4-13)23-11-17-20-15(12-24-17)9-18(22)21-8-7-19-14(2)10-21/h3-6,12,14,19H,7-11H2,1-2H3. The maximum absolute atomic E-state index is 12.4. The number of aromatic nitrogens is 1. The lowest BCUT2D eigenvalue weighted by Gasteiger charge is -2.31. The summed E-state index contributed by atoms with van der Waals surface area (Å²) in [4.78, 5) is 18.8. The molecule has 6 heteroatoms. The van der Waals surface area contributed by atoms with Crippen molar-refractivity contribution < 1.29 is 9.53 Å². The van der Waals surface area contributed by atoms with Crippen LogP contribution < -0.4 is 10.1 Å². The van der Waals surface area contributed by atoms with Gasteiger partial charge in [0.05, 0.1) is 12.1 Å². The largest absolute Gasteiger partial charge is 0.486 e. The van der Waals surface area contributed by atoms with Crippen molar-refractivity contribution in [3.8, 4) is 5.75 Å². The fraction of sp³-hybridized carbons (Fsp3) is 0.444. The smallest absolute Gasteiger partial charge is 0.228 e. The Morgan fingerprint density at radius 3 is 2.96 bits per heavy atom. The van der Waals surface area contributed by atoms with E-state index in [1.165, 1.54) is 5.56 Å². The Hall–Kier alpha value is -1.92. The summed E-state index contributed by atoms with van der Waals surface area (Å²) in [5.41, 5.74) is 2.04. The summed E-state index contributed by atoms with van der Waals surface area (Å²) in [6, 6.07) is 8.32. The van der Waals surface area contributed by atoms with Crippen molar-refractivity contribution >= 4 is 17.2 Å². The number of piperazine rings is 1. The van der Waals surface area contributed by atoms with Crippen molar-refractivity contribution in [2.45, 2.75) is 32.9 Å². The lowest BCUT2D eigenvalue weighted by Crippen LogP contribution is -2.51. The number of carbonyl (C=O) groups is 1. The second-order valence-corrected chi connectivity index (χ2v) is 7.15. The van der Waals surface area contributed by atoms with Gasteiger partial charge in [-0.1, -0.05) is 17.7 Å².